The summed E-state index contributed by atoms with van der Waals surface area (Å²) in [5.74, 6) is 0.394. The van der Waals surface area contributed by atoms with E-state index < -0.39 is 0 Å². The topological polar surface area (TPSA) is 60.7 Å². The highest BCUT2D eigenvalue weighted by Gasteiger charge is 2.15. The molecule has 0 saturated heterocycles. The maximum absolute atomic E-state index is 12.7. The first-order chi connectivity index (χ1) is 12.5. The lowest BCUT2D eigenvalue weighted by Crippen LogP contribution is -2.06. The Labute approximate surface area is 155 Å². The van der Waals surface area contributed by atoms with Gasteiger partial charge in [-0.2, -0.15) is 5.10 Å². The molecule has 0 bridgehead atoms. The summed E-state index contributed by atoms with van der Waals surface area (Å²) in [4.78, 5) is 21.7. The van der Waals surface area contributed by atoms with Gasteiger partial charge in [-0.15, -0.1) is 0 Å². The van der Waals surface area contributed by atoms with Crippen LogP contribution in [0.25, 0.3) is 16.9 Å². The van der Waals surface area contributed by atoms with Crippen LogP contribution in [0.5, 0.6) is 0 Å². The molecule has 2 heterocycles. The summed E-state index contributed by atoms with van der Waals surface area (Å²) in [6.45, 7) is 3.83. The Morgan fingerprint density at radius 3 is 2.38 bits per heavy atom. The maximum atomic E-state index is 12.7. The number of halogens is 1. The number of fused-ring (bicyclic) bond motifs is 1. The number of benzene rings is 2. The van der Waals surface area contributed by atoms with E-state index in [0.717, 1.165) is 11.4 Å². The Morgan fingerprint density at radius 2 is 1.69 bits per heavy atom. The highest BCUT2D eigenvalue weighted by molar-refractivity contribution is 6.31. The van der Waals surface area contributed by atoms with Crippen LogP contribution in [0, 0.1) is 13.8 Å². The Bertz CT molecular complexity index is 1140. The largest absolute Gasteiger partial charge is 0.289 e. The minimum atomic E-state index is -0.0584. The van der Waals surface area contributed by atoms with Crippen LogP contribution in [-0.2, 0) is 0 Å². The van der Waals surface area contributed by atoms with Gasteiger partial charge in [0.2, 0.25) is 0 Å². The molecule has 5 nitrogen and oxygen atoms in total. The first kappa shape index (κ1) is 16.4. The van der Waals surface area contributed by atoms with Gasteiger partial charge in [-0.3, -0.25) is 4.79 Å². The summed E-state index contributed by atoms with van der Waals surface area (Å²) < 4.78 is 1.66. The van der Waals surface area contributed by atoms with Gasteiger partial charge in [-0.05, 0) is 38.1 Å². The second-order valence-corrected chi connectivity index (χ2v) is 6.43. The Morgan fingerprint density at radius 1 is 0.923 bits per heavy atom. The molecule has 2 aromatic carbocycles. The minimum Gasteiger partial charge on any atom is -0.289 e. The molecule has 4 rings (SSSR count). The highest BCUT2D eigenvalue weighted by atomic mass is 35.5. The number of carbonyl (C=O) groups excluding carboxylic acids is 1. The van der Waals surface area contributed by atoms with Crippen molar-refractivity contribution in [3.05, 3.63) is 82.3 Å². The van der Waals surface area contributed by atoms with Gasteiger partial charge in [-0.25, -0.2) is 14.6 Å². The van der Waals surface area contributed by atoms with E-state index in [-0.39, 0.29) is 10.9 Å². The van der Waals surface area contributed by atoms with Gasteiger partial charge >= 0.3 is 0 Å². The molecule has 0 aliphatic heterocycles. The van der Waals surface area contributed by atoms with Crippen LogP contribution in [0.2, 0.25) is 5.15 Å². The molecule has 0 saturated carbocycles. The van der Waals surface area contributed by atoms with Crippen LogP contribution >= 0.6 is 11.6 Å². The fourth-order valence-electron chi connectivity index (χ4n) is 2.90. The zero-order valence-corrected chi connectivity index (χ0v) is 15.0. The second kappa shape index (κ2) is 6.35. The fraction of sp³-hybridized carbons (Fsp3) is 0.100. The number of hydrogen-bond donors (Lipinski definition) is 0. The van der Waals surface area contributed by atoms with Crippen LogP contribution in [0.4, 0.5) is 0 Å². The predicted octanol–water partition coefficient (Wildman–Crippen LogP) is 4.32. The molecule has 0 aliphatic carbocycles. The molecule has 0 aliphatic rings. The van der Waals surface area contributed by atoms with Crippen molar-refractivity contribution in [1.82, 2.24) is 19.7 Å². The Hall–Kier alpha value is -3.05. The number of hydrogen-bond acceptors (Lipinski definition) is 4. The fourth-order valence-corrected chi connectivity index (χ4v) is 3.11. The summed E-state index contributed by atoms with van der Waals surface area (Å²) in [6, 6.07) is 16.3. The standard InChI is InChI=1S/C20H15ClN4O/c1-12-10-13(2)25(24-12)20-19(21)22-16-9-8-15(11-17(16)23-20)18(26)14-6-4-3-5-7-14/h3-11H,1-2H3. The smallest absolute Gasteiger partial charge is 0.193 e. The molecular weight excluding hydrogens is 348 g/mol. The number of carbonyl (C=O) groups is 1. The summed E-state index contributed by atoms with van der Waals surface area (Å²) in [5, 5.41) is 4.69. The second-order valence-electron chi connectivity index (χ2n) is 6.08. The third-order valence-electron chi connectivity index (χ3n) is 4.11. The number of ketones is 1. The molecule has 0 N–H and O–H groups in total. The van der Waals surface area contributed by atoms with E-state index in [0.29, 0.717) is 28.0 Å². The Balaban J connectivity index is 1.84. The lowest BCUT2D eigenvalue weighted by molar-refractivity contribution is 0.103. The van der Waals surface area contributed by atoms with E-state index in [9.17, 15) is 4.79 Å². The zero-order valence-electron chi connectivity index (χ0n) is 14.3. The van der Waals surface area contributed by atoms with Crippen LogP contribution in [0.3, 0.4) is 0 Å². The number of rotatable bonds is 3. The highest BCUT2D eigenvalue weighted by Crippen LogP contribution is 2.23. The van der Waals surface area contributed by atoms with Gasteiger partial charge in [0.1, 0.15) is 0 Å². The van der Waals surface area contributed by atoms with Crippen molar-refractivity contribution in [2.75, 3.05) is 0 Å². The number of aromatic nitrogens is 4. The third kappa shape index (κ3) is 2.86. The first-order valence-corrected chi connectivity index (χ1v) is 8.51. The molecule has 0 fully saturated rings. The van der Waals surface area contributed by atoms with Crippen molar-refractivity contribution in [1.29, 1.82) is 0 Å². The zero-order chi connectivity index (χ0) is 18.3. The van der Waals surface area contributed by atoms with Gasteiger partial charge in [0.25, 0.3) is 0 Å². The number of aryl methyl sites for hydroxylation is 2. The van der Waals surface area contributed by atoms with Crippen LogP contribution in [-0.4, -0.2) is 25.5 Å². The van der Waals surface area contributed by atoms with E-state index >= 15 is 0 Å². The Kier molecular flexibility index (Phi) is 4.01. The molecule has 2 aromatic heterocycles. The van der Waals surface area contributed by atoms with Crippen molar-refractivity contribution in [3.8, 4) is 5.82 Å². The van der Waals surface area contributed by atoms with Crippen LogP contribution in [0.15, 0.2) is 54.6 Å². The monoisotopic (exact) mass is 362 g/mol. The minimum absolute atomic E-state index is 0.0584. The molecule has 4 aromatic rings. The molecule has 0 radical (unpaired) electrons. The molecule has 0 atom stereocenters. The molecule has 26 heavy (non-hydrogen) atoms. The summed E-state index contributed by atoms with van der Waals surface area (Å²) in [6.07, 6.45) is 0. The van der Waals surface area contributed by atoms with Gasteiger partial charge in [0.15, 0.2) is 16.8 Å². The van der Waals surface area contributed by atoms with Crippen molar-refractivity contribution in [2.24, 2.45) is 0 Å². The molecule has 0 unspecified atom stereocenters. The van der Waals surface area contributed by atoms with E-state index in [1.807, 2.05) is 38.1 Å². The third-order valence-corrected chi connectivity index (χ3v) is 4.37. The average molecular weight is 363 g/mol. The van der Waals surface area contributed by atoms with Crippen LogP contribution < -0.4 is 0 Å². The average Bonchev–Trinajstić information content (AvgIpc) is 2.99. The molecular formula is C20H15ClN4O. The molecule has 128 valence electrons. The van der Waals surface area contributed by atoms with E-state index in [1.54, 1.807) is 35.0 Å². The summed E-state index contributed by atoms with van der Waals surface area (Å²) in [5.41, 5.74) is 4.19. The van der Waals surface area contributed by atoms with Crippen molar-refractivity contribution in [3.63, 3.8) is 0 Å². The van der Waals surface area contributed by atoms with Crippen molar-refractivity contribution < 1.29 is 4.79 Å². The lowest BCUT2D eigenvalue weighted by Gasteiger charge is -2.08. The van der Waals surface area contributed by atoms with E-state index in [2.05, 4.69) is 15.1 Å². The van der Waals surface area contributed by atoms with Crippen LogP contribution in [0.1, 0.15) is 27.3 Å². The van der Waals surface area contributed by atoms with E-state index in [1.165, 1.54) is 0 Å². The van der Waals surface area contributed by atoms with Gasteiger partial charge in [0, 0.05) is 16.8 Å². The molecule has 0 amide bonds. The summed E-state index contributed by atoms with van der Waals surface area (Å²) >= 11 is 6.32. The van der Waals surface area contributed by atoms with Crippen molar-refractivity contribution >= 4 is 28.4 Å². The van der Waals surface area contributed by atoms with Gasteiger partial charge in [-0.1, -0.05) is 41.9 Å². The van der Waals surface area contributed by atoms with E-state index in [4.69, 9.17) is 11.6 Å². The normalized spacial score (nSPS) is 11.0. The van der Waals surface area contributed by atoms with Gasteiger partial charge in [0.05, 0.1) is 16.7 Å². The number of nitrogens with zero attached hydrogens (tertiary/aromatic N) is 4. The summed E-state index contributed by atoms with van der Waals surface area (Å²) in [7, 11) is 0. The van der Waals surface area contributed by atoms with Crippen molar-refractivity contribution in [2.45, 2.75) is 13.8 Å². The SMILES string of the molecule is Cc1cc(C)n(-c2nc3cc(C(=O)c4ccccc4)ccc3nc2Cl)n1. The lowest BCUT2D eigenvalue weighted by atomic mass is 10.0. The first-order valence-electron chi connectivity index (χ1n) is 8.13. The predicted molar refractivity (Wildman–Crippen MR) is 101 cm³/mol. The molecule has 0 spiro atoms. The maximum Gasteiger partial charge on any atom is 0.193 e. The quantitative estimate of drug-likeness (QED) is 0.509. The van der Waals surface area contributed by atoms with Gasteiger partial charge < -0.3 is 0 Å². The molecule has 6 heteroatoms.